The van der Waals surface area contributed by atoms with E-state index >= 15 is 0 Å². The summed E-state index contributed by atoms with van der Waals surface area (Å²) in [5, 5.41) is 3.80. The quantitative estimate of drug-likeness (QED) is 0.765. The molecule has 0 radical (unpaired) electrons. The van der Waals surface area contributed by atoms with E-state index in [0.717, 1.165) is 12.1 Å². The fourth-order valence-corrected chi connectivity index (χ4v) is 2.85. The Bertz CT molecular complexity index is 213. The number of fused-ring (bicyclic) bond motifs is 1. The topological polar surface area (TPSA) is 15.3 Å². The number of hydrogen-bond acceptors (Lipinski definition) is 2. The van der Waals surface area contributed by atoms with E-state index in [1.54, 1.807) is 0 Å². The summed E-state index contributed by atoms with van der Waals surface area (Å²) in [5.74, 6) is 0. The van der Waals surface area contributed by atoms with Gasteiger partial charge in [-0.25, -0.2) is 0 Å². The number of nitrogens with zero attached hydrogens (tertiary/aromatic N) is 1. The van der Waals surface area contributed by atoms with Gasteiger partial charge in [-0.15, -0.1) is 0 Å². The van der Waals surface area contributed by atoms with Gasteiger partial charge in [0.05, 0.1) is 0 Å². The maximum absolute atomic E-state index is 3.80. The molecule has 0 aromatic carbocycles. The molecule has 2 fully saturated rings. The first-order valence-electron chi connectivity index (χ1n) is 6.60. The minimum absolute atomic E-state index is 0.464. The molecule has 1 N–H and O–H groups in total. The van der Waals surface area contributed by atoms with Crippen LogP contribution in [0.3, 0.4) is 0 Å². The van der Waals surface area contributed by atoms with Crippen LogP contribution in [0.5, 0.6) is 0 Å². The molecule has 2 aliphatic heterocycles. The van der Waals surface area contributed by atoms with Crippen molar-refractivity contribution in [2.75, 3.05) is 19.6 Å². The summed E-state index contributed by atoms with van der Waals surface area (Å²) in [6.07, 6.45) is 5.47. The van der Waals surface area contributed by atoms with Crippen molar-refractivity contribution in [1.29, 1.82) is 0 Å². The molecule has 2 aliphatic rings. The predicted octanol–water partition coefficient (Wildman–Crippen LogP) is 2.25. The first-order chi connectivity index (χ1) is 7.12. The molecule has 0 saturated carbocycles. The lowest BCUT2D eigenvalue weighted by Gasteiger charge is -2.28. The van der Waals surface area contributed by atoms with Crippen molar-refractivity contribution in [2.24, 2.45) is 5.41 Å². The van der Waals surface area contributed by atoms with Crippen molar-refractivity contribution < 1.29 is 0 Å². The van der Waals surface area contributed by atoms with E-state index < -0.39 is 0 Å². The van der Waals surface area contributed by atoms with Crippen LogP contribution in [-0.2, 0) is 0 Å². The fraction of sp³-hybridized carbons (Fsp3) is 1.00. The van der Waals surface area contributed by atoms with Crippen LogP contribution in [0.4, 0.5) is 0 Å². The summed E-state index contributed by atoms with van der Waals surface area (Å²) in [5.41, 5.74) is 0.464. The molecule has 2 rings (SSSR count). The van der Waals surface area contributed by atoms with Gasteiger partial charge in [0.25, 0.3) is 0 Å². The molecule has 15 heavy (non-hydrogen) atoms. The molecule has 2 unspecified atom stereocenters. The summed E-state index contributed by atoms with van der Waals surface area (Å²) in [6, 6.07) is 1.64. The number of nitrogens with one attached hydrogen (secondary N) is 1. The average Bonchev–Trinajstić information content (AvgIpc) is 2.77. The molecule has 2 nitrogen and oxygen atoms in total. The predicted molar refractivity (Wildman–Crippen MR) is 65.1 cm³/mol. The van der Waals surface area contributed by atoms with E-state index in [0.29, 0.717) is 5.41 Å². The van der Waals surface area contributed by atoms with Gasteiger partial charge in [0.1, 0.15) is 0 Å². The minimum atomic E-state index is 0.464. The summed E-state index contributed by atoms with van der Waals surface area (Å²) in [4.78, 5) is 2.68. The lowest BCUT2D eigenvalue weighted by atomic mass is 9.89. The number of hydrogen-bond donors (Lipinski definition) is 1. The standard InChI is InChI=1S/C13H26N2/c1-4-13(2,3)10-14-11-7-9-15-8-5-6-12(11)15/h11-12,14H,4-10H2,1-3H3. The molecule has 0 spiro atoms. The lowest BCUT2D eigenvalue weighted by Crippen LogP contribution is -2.43. The van der Waals surface area contributed by atoms with Crippen LogP contribution in [0.2, 0.25) is 0 Å². The summed E-state index contributed by atoms with van der Waals surface area (Å²) < 4.78 is 0. The first-order valence-corrected chi connectivity index (χ1v) is 6.60. The Hall–Kier alpha value is -0.0800. The third-order valence-corrected chi connectivity index (χ3v) is 4.41. The summed E-state index contributed by atoms with van der Waals surface area (Å²) in [6.45, 7) is 10.9. The second-order valence-electron chi connectivity index (χ2n) is 6.04. The van der Waals surface area contributed by atoms with Gasteiger partial charge >= 0.3 is 0 Å². The Morgan fingerprint density at radius 2 is 2.07 bits per heavy atom. The monoisotopic (exact) mass is 210 g/mol. The van der Waals surface area contributed by atoms with Gasteiger partial charge in [0, 0.05) is 25.2 Å². The molecule has 0 bridgehead atoms. The molecule has 2 heterocycles. The third kappa shape index (κ3) is 2.54. The maximum Gasteiger partial charge on any atom is 0.0250 e. The molecular weight excluding hydrogens is 184 g/mol. The zero-order valence-electron chi connectivity index (χ0n) is 10.6. The highest BCUT2D eigenvalue weighted by molar-refractivity contribution is 4.96. The smallest absolute Gasteiger partial charge is 0.0250 e. The van der Waals surface area contributed by atoms with E-state index in [1.165, 1.54) is 45.3 Å². The zero-order valence-corrected chi connectivity index (χ0v) is 10.6. The Morgan fingerprint density at radius 1 is 1.27 bits per heavy atom. The fourth-order valence-electron chi connectivity index (χ4n) is 2.85. The second kappa shape index (κ2) is 4.42. The molecule has 0 aromatic heterocycles. The van der Waals surface area contributed by atoms with Gasteiger partial charge in [-0.2, -0.15) is 0 Å². The van der Waals surface area contributed by atoms with Crippen LogP contribution in [-0.4, -0.2) is 36.6 Å². The van der Waals surface area contributed by atoms with E-state index in [-0.39, 0.29) is 0 Å². The van der Waals surface area contributed by atoms with Crippen LogP contribution in [0.1, 0.15) is 46.5 Å². The molecule has 0 amide bonds. The van der Waals surface area contributed by atoms with Crippen LogP contribution >= 0.6 is 0 Å². The van der Waals surface area contributed by atoms with Gasteiger partial charge in [0.2, 0.25) is 0 Å². The number of rotatable bonds is 4. The van der Waals surface area contributed by atoms with Crippen molar-refractivity contribution in [1.82, 2.24) is 10.2 Å². The maximum atomic E-state index is 3.80. The summed E-state index contributed by atoms with van der Waals surface area (Å²) in [7, 11) is 0. The molecule has 88 valence electrons. The van der Waals surface area contributed by atoms with Crippen LogP contribution in [0.25, 0.3) is 0 Å². The largest absolute Gasteiger partial charge is 0.312 e. The van der Waals surface area contributed by atoms with Crippen LogP contribution in [0, 0.1) is 5.41 Å². The van der Waals surface area contributed by atoms with Gasteiger partial charge in [-0.05, 0) is 37.6 Å². The highest BCUT2D eigenvalue weighted by Gasteiger charge is 2.37. The van der Waals surface area contributed by atoms with Crippen molar-refractivity contribution in [3.63, 3.8) is 0 Å². The van der Waals surface area contributed by atoms with E-state index in [1.807, 2.05) is 0 Å². The SMILES string of the molecule is CCC(C)(C)CNC1CCN2CCCC12. The average molecular weight is 210 g/mol. The second-order valence-corrected chi connectivity index (χ2v) is 6.04. The zero-order chi connectivity index (χ0) is 10.9. The molecule has 2 saturated heterocycles. The van der Waals surface area contributed by atoms with Gasteiger partial charge < -0.3 is 5.32 Å². The van der Waals surface area contributed by atoms with E-state index in [2.05, 4.69) is 31.0 Å². The van der Waals surface area contributed by atoms with Crippen LogP contribution in [0.15, 0.2) is 0 Å². The van der Waals surface area contributed by atoms with Crippen molar-refractivity contribution >= 4 is 0 Å². The molecular formula is C13H26N2. The Balaban J connectivity index is 1.80. The highest BCUT2D eigenvalue weighted by atomic mass is 15.2. The van der Waals surface area contributed by atoms with Crippen molar-refractivity contribution in [3.8, 4) is 0 Å². The molecule has 0 aromatic rings. The van der Waals surface area contributed by atoms with E-state index in [4.69, 9.17) is 0 Å². The van der Waals surface area contributed by atoms with Crippen LogP contribution < -0.4 is 5.32 Å². The highest BCUT2D eigenvalue weighted by Crippen LogP contribution is 2.28. The van der Waals surface area contributed by atoms with Gasteiger partial charge in [-0.3, -0.25) is 4.90 Å². The first kappa shape index (κ1) is 11.4. The Morgan fingerprint density at radius 3 is 2.80 bits per heavy atom. The molecule has 2 atom stereocenters. The Labute approximate surface area is 94.4 Å². The van der Waals surface area contributed by atoms with Gasteiger partial charge in [-0.1, -0.05) is 20.8 Å². The van der Waals surface area contributed by atoms with Gasteiger partial charge in [0.15, 0.2) is 0 Å². The Kier molecular flexibility index (Phi) is 3.36. The van der Waals surface area contributed by atoms with Crippen molar-refractivity contribution in [2.45, 2.75) is 58.5 Å². The normalized spacial score (nSPS) is 32.2. The van der Waals surface area contributed by atoms with Crippen molar-refractivity contribution in [3.05, 3.63) is 0 Å². The minimum Gasteiger partial charge on any atom is -0.312 e. The molecule has 0 aliphatic carbocycles. The third-order valence-electron chi connectivity index (χ3n) is 4.41. The lowest BCUT2D eigenvalue weighted by molar-refractivity contribution is 0.267. The molecule has 2 heteroatoms. The summed E-state index contributed by atoms with van der Waals surface area (Å²) >= 11 is 0. The van der Waals surface area contributed by atoms with E-state index in [9.17, 15) is 0 Å².